The highest BCUT2D eigenvalue weighted by Gasteiger charge is 2.28. The summed E-state index contributed by atoms with van der Waals surface area (Å²) in [6.45, 7) is 4.76. The second-order valence-electron chi connectivity index (χ2n) is 27.4. The molecule has 0 aliphatic heterocycles. The number of rotatable bonds is 71. The summed E-state index contributed by atoms with van der Waals surface area (Å²) in [5, 5.41) is 14.0. The molecule has 0 aromatic carbocycles. The summed E-state index contributed by atoms with van der Waals surface area (Å²) in [5.41, 5.74) is 0. The standard InChI is InChI=1S/C78H149N2O6P/c1-6-8-10-12-14-16-18-20-22-24-26-28-30-32-34-35-36-37-38-39-40-41-42-43-44-45-46-48-50-52-54-56-58-60-62-64-66-68-70-72-78(82)79-76(75-86-87(83,84)85-74-73-80(3,4)5)77(81)71-69-67-65-63-61-59-57-55-53-51-49-47-33-31-29-27-25-23-21-19-17-15-13-11-9-7-2/h8,10,14,16,20,22,26,28,69,71,76-77,81H,6-7,9,11-13,15,17-19,21,23-25,27,29-68,70,72-75H2,1-5H3,(H-,79,82,83,84)/p+1/b10-8-,16-14-,22-20-,28-26-,71-69+. The number of unbranched alkanes of at least 4 members (excludes halogenated alkanes) is 50. The van der Waals surface area contributed by atoms with Gasteiger partial charge in [0.1, 0.15) is 13.2 Å². The number of phosphoric acid groups is 1. The average molecular weight is 1240 g/mol. The van der Waals surface area contributed by atoms with Crippen LogP contribution in [0.15, 0.2) is 60.8 Å². The summed E-state index contributed by atoms with van der Waals surface area (Å²) in [5.74, 6) is -0.169. The molecule has 3 unspecified atom stereocenters. The number of amides is 1. The Balaban J connectivity index is 3.94. The number of allylic oxidation sites excluding steroid dienone is 9. The van der Waals surface area contributed by atoms with Gasteiger partial charge < -0.3 is 19.8 Å². The molecule has 0 aromatic heterocycles. The summed E-state index contributed by atoms with van der Waals surface area (Å²) < 4.78 is 23.9. The smallest absolute Gasteiger partial charge is 0.387 e. The lowest BCUT2D eigenvalue weighted by Gasteiger charge is -2.25. The van der Waals surface area contributed by atoms with Crippen molar-refractivity contribution in [2.75, 3.05) is 40.9 Å². The maximum absolute atomic E-state index is 13.1. The number of hydrogen-bond acceptors (Lipinski definition) is 5. The Morgan fingerprint density at radius 2 is 0.690 bits per heavy atom. The maximum atomic E-state index is 13.1. The van der Waals surface area contributed by atoms with Crippen LogP contribution in [0.2, 0.25) is 0 Å². The van der Waals surface area contributed by atoms with Crippen LogP contribution >= 0.6 is 7.82 Å². The Kier molecular flexibility index (Phi) is 67.1. The maximum Gasteiger partial charge on any atom is 0.472 e. The van der Waals surface area contributed by atoms with Crippen LogP contribution in [0.25, 0.3) is 0 Å². The van der Waals surface area contributed by atoms with Gasteiger partial charge >= 0.3 is 7.82 Å². The SMILES string of the molecule is CC/C=C\C/C=C\C/C=C\C/C=C\CCCCCCCCCCCCCCCCCCCCCCCCCCCCC(=O)NC(COP(=O)(O)OCC[N+](C)(C)C)C(O)/C=C/CCCCCCCCCCCCCCCCCCCCCCCCCC. The number of nitrogens with one attached hydrogen (secondary N) is 1. The van der Waals surface area contributed by atoms with Gasteiger partial charge in [0.25, 0.3) is 0 Å². The number of aliphatic hydroxyl groups is 1. The third kappa shape index (κ3) is 71.5. The van der Waals surface area contributed by atoms with Crippen molar-refractivity contribution in [1.29, 1.82) is 0 Å². The highest BCUT2D eigenvalue weighted by molar-refractivity contribution is 7.47. The van der Waals surface area contributed by atoms with E-state index < -0.39 is 20.0 Å². The van der Waals surface area contributed by atoms with E-state index in [-0.39, 0.29) is 19.1 Å². The van der Waals surface area contributed by atoms with E-state index in [2.05, 4.69) is 67.8 Å². The Morgan fingerprint density at radius 3 is 1.01 bits per heavy atom. The Bertz CT molecular complexity index is 1600. The number of phosphoric ester groups is 1. The van der Waals surface area contributed by atoms with E-state index in [0.29, 0.717) is 17.4 Å². The molecule has 0 fully saturated rings. The fourth-order valence-corrected chi connectivity index (χ4v) is 12.4. The molecule has 0 saturated carbocycles. The fraction of sp³-hybridized carbons (Fsp3) is 0.859. The van der Waals surface area contributed by atoms with Gasteiger partial charge in [0, 0.05) is 6.42 Å². The topological polar surface area (TPSA) is 105 Å². The highest BCUT2D eigenvalue weighted by atomic mass is 31.2. The quantitative estimate of drug-likeness (QED) is 0.0243. The molecule has 3 atom stereocenters. The number of carbonyl (C=O) groups excluding carboxylic acids is 1. The van der Waals surface area contributed by atoms with Gasteiger partial charge in [0.05, 0.1) is 39.9 Å². The minimum Gasteiger partial charge on any atom is -0.387 e. The molecule has 3 N–H and O–H groups in total. The Hall–Kier alpha value is -1.80. The van der Waals surface area contributed by atoms with Crippen molar-refractivity contribution in [3.8, 4) is 0 Å². The van der Waals surface area contributed by atoms with E-state index in [1.165, 1.54) is 302 Å². The zero-order valence-electron chi connectivity index (χ0n) is 58.8. The Morgan fingerprint density at radius 1 is 0.402 bits per heavy atom. The summed E-state index contributed by atoms with van der Waals surface area (Å²) >= 11 is 0. The van der Waals surface area contributed by atoms with E-state index in [1.54, 1.807) is 6.08 Å². The van der Waals surface area contributed by atoms with Gasteiger partial charge in [-0.3, -0.25) is 13.8 Å². The minimum atomic E-state index is -4.35. The van der Waals surface area contributed by atoms with Gasteiger partial charge in [-0.2, -0.15) is 0 Å². The molecule has 0 bridgehead atoms. The third-order valence-corrected chi connectivity index (χ3v) is 18.5. The average Bonchev–Trinajstić information content (AvgIpc) is 3.69. The van der Waals surface area contributed by atoms with Crippen LogP contribution in [0.5, 0.6) is 0 Å². The van der Waals surface area contributed by atoms with E-state index in [1.807, 2.05) is 27.2 Å². The first-order valence-corrected chi connectivity index (χ1v) is 39.7. The van der Waals surface area contributed by atoms with Crippen molar-refractivity contribution in [2.24, 2.45) is 0 Å². The third-order valence-electron chi connectivity index (χ3n) is 17.5. The zero-order chi connectivity index (χ0) is 63.4. The van der Waals surface area contributed by atoms with Crippen molar-refractivity contribution in [2.45, 2.75) is 392 Å². The molecule has 0 aliphatic rings. The van der Waals surface area contributed by atoms with Crippen LogP contribution in [0.1, 0.15) is 380 Å². The zero-order valence-corrected chi connectivity index (χ0v) is 59.7. The molecule has 0 radical (unpaired) electrons. The minimum absolute atomic E-state index is 0.0633. The largest absolute Gasteiger partial charge is 0.472 e. The van der Waals surface area contributed by atoms with E-state index in [0.717, 1.165) is 57.8 Å². The second-order valence-corrected chi connectivity index (χ2v) is 28.8. The monoisotopic (exact) mass is 1240 g/mol. The molecule has 9 heteroatoms. The normalized spacial score (nSPS) is 13.9. The van der Waals surface area contributed by atoms with Crippen LogP contribution in [-0.2, 0) is 18.4 Å². The lowest BCUT2D eigenvalue weighted by atomic mass is 10.0. The summed E-state index contributed by atoms with van der Waals surface area (Å²) in [6, 6.07) is -0.847. The molecular weight excluding hydrogens is 1090 g/mol. The first-order valence-electron chi connectivity index (χ1n) is 38.2. The summed E-state index contributed by atoms with van der Waals surface area (Å²) in [4.78, 5) is 23.5. The number of quaternary nitrogens is 1. The van der Waals surface area contributed by atoms with Crippen molar-refractivity contribution in [3.05, 3.63) is 60.8 Å². The van der Waals surface area contributed by atoms with Crippen LogP contribution in [0.4, 0.5) is 0 Å². The number of aliphatic hydroxyl groups excluding tert-OH is 1. The molecule has 0 heterocycles. The van der Waals surface area contributed by atoms with Gasteiger partial charge in [-0.1, -0.05) is 376 Å². The lowest BCUT2D eigenvalue weighted by Crippen LogP contribution is -2.45. The first kappa shape index (κ1) is 85.2. The molecule has 87 heavy (non-hydrogen) atoms. The summed E-state index contributed by atoms with van der Waals surface area (Å²) in [6.07, 6.45) is 95.4. The van der Waals surface area contributed by atoms with Gasteiger partial charge in [0.2, 0.25) is 5.91 Å². The van der Waals surface area contributed by atoms with E-state index in [9.17, 15) is 19.4 Å². The Labute approximate surface area is 542 Å². The van der Waals surface area contributed by atoms with Gasteiger partial charge in [0.15, 0.2) is 0 Å². The molecule has 0 rings (SSSR count). The van der Waals surface area contributed by atoms with Crippen LogP contribution in [-0.4, -0.2) is 73.4 Å². The molecule has 0 spiro atoms. The molecule has 512 valence electrons. The summed E-state index contributed by atoms with van der Waals surface area (Å²) in [7, 11) is 1.59. The first-order chi connectivity index (χ1) is 42.5. The van der Waals surface area contributed by atoms with E-state index in [4.69, 9.17) is 9.05 Å². The second kappa shape index (κ2) is 68.6. The van der Waals surface area contributed by atoms with Crippen LogP contribution < -0.4 is 5.32 Å². The molecular formula is C78H150N2O6P+. The van der Waals surface area contributed by atoms with Gasteiger partial charge in [-0.25, -0.2) is 4.57 Å². The van der Waals surface area contributed by atoms with Crippen LogP contribution in [0.3, 0.4) is 0 Å². The van der Waals surface area contributed by atoms with Gasteiger partial charge in [-0.05, 0) is 57.8 Å². The molecule has 1 amide bonds. The van der Waals surface area contributed by atoms with Crippen molar-refractivity contribution >= 4 is 13.7 Å². The molecule has 0 aromatic rings. The number of likely N-dealkylation sites (N-methyl/N-ethyl adjacent to an activating group) is 1. The lowest BCUT2D eigenvalue weighted by molar-refractivity contribution is -0.870. The molecule has 0 aliphatic carbocycles. The molecule has 8 nitrogen and oxygen atoms in total. The fourth-order valence-electron chi connectivity index (χ4n) is 11.6. The van der Waals surface area contributed by atoms with Crippen molar-refractivity contribution in [1.82, 2.24) is 5.32 Å². The predicted molar refractivity (Wildman–Crippen MR) is 383 cm³/mol. The number of nitrogens with zero attached hydrogens (tertiary/aromatic N) is 1. The number of carbonyl (C=O) groups is 1. The highest BCUT2D eigenvalue weighted by Crippen LogP contribution is 2.43. The van der Waals surface area contributed by atoms with E-state index >= 15 is 0 Å². The van der Waals surface area contributed by atoms with Crippen molar-refractivity contribution < 1.29 is 32.9 Å². The van der Waals surface area contributed by atoms with Crippen LogP contribution in [0, 0.1) is 0 Å². The predicted octanol–water partition coefficient (Wildman–Crippen LogP) is 24.7. The van der Waals surface area contributed by atoms with Crippen molar-refractivity contribution in [3.63, 3.8) is 0 Å². The molecule has 0 saturated heterocycles. The van der Waals surface area contributed by atoms with Gasteiger partial charge in [-0.15, -0.1) is 0 Å². The number of hydrogen-bond donors (Lipinski definition) is 3.